The SMILES string of the molecule is C=Cc1ccc(C23CC4CC(C2)CC(c2ccc(N(c5ccc(OC)cc5)c5ccc(OC)cc5)cc2)(C4)C3)cc1. The molecule has 4 bridgehead atoms. The zero-order chi connectivity index (χ0) is 28.0. The summed E-state index contributed by atoms with van der Waals surface area (Å²) >= 11 is 0. The molecule has 208 valence electrons. The summed E-state index contributed by atoms with van der Waals surface area (Å²) in [7, 11) is 3.42. The van der Waals surface area contributed by atoms with Gasteiger partial charge in [-0.15, -0.1) is 0 Å². The molecule has 0 amide bonds. The van der Waals surface area contributed by atoms with E-state index in [2.05, 4.69) is 84.3 Å². The zero-order valence-electron chi connectivity index (χ0n) is 24.2. The molecule has 0 spiro atoms. The Morgan fingerprint density at radius 1 is 0.610 bits per heavy atom. The van der Waals surface area contributed by atoms with Gasteiger partial charge in [-0.2, -0.15) is 0 Å². The predicted molar refractivity (Wildman–Crippen MR) is 169 cm³/mol. The van der Waals surface area contributed by atoms with Crippen LogP contribution in [0.1, 0.15) is 55.2 Å². The third-order valence-corrected chi connectivity index (χ3v) is 10.2. The molecule has 0 heterocycles. The van der Waals surface area contributed by atoms with Crippen molar-refractivity contribution in [2.75, 3.05) is 19.1 Å². The van der Waals surface area contributed by atoms with Crippen molar-refractivity contribution in [2.45, 2.75) is 49.4 Å². The van der Waals surface area contributed by atoms with E-state index in [1.165, 1.54) is 49.7 Å². The molecule has 4 aromatic rings. The van der Waals surface area contributed by atoms with Gasteiger partial charge in [-0.3, -0.25) is 0 Å². The van der Waals surface area contributed by atoms with Gasteiger partial charge in [-0.25, -0.2) is 0 Å². The smallest absolute Gasteiger partial charge is 0.119 e. The highest BCUT2D eigenvalue weighted by molar-refractivity contribution is 5.77. The van der Waals surface area contributed by atoms with E-state index >= 15 is 0 Å². The maximum atomic E-state index is 5.44. The van der Waals surface area contributed by atoms with Crippen LogP contribution in [0.15, 0.2) is 104 Å². The summed E-state index contributed by atoms with van der Waals surface area (Å²) in [5, 5.41) is 0. The van der Waals surface area contributed by atoms with E-state index in [9.17, 15) is 0 Å². The molecule has 3 nitrogen and oxygen atoms in total. The van der Waals surface area contributed by atoms with E-state index in [1.807, 2.05) is 30.3 Å². The van der Waals surface area contributed by atoms with Gasteiger partial charge in [0.15, 0.2) is 0 Å². The van der Waals surface area contributed by atoms with Crippen LogP contribution in [0.4, 0.5) is 17.1 Å². The minimum absolute atomic E-state index is 0.269. The first kappa shape index (κ1) is 26.0. The first-order valence-corrected chi connectivity index (χ1v) is 14.9. The molecular weight excluding hydrogens is 502 g/mol. The number of hydrogen-bond acceptors (Lipinski definition) is 3. The van der Waals surface area contributed by atoms with E-state index in [-0.39, 0.29) is 5.41 Å². The van der Waals surface area contributed by atoms with Gasteiger partial charge < -0.3 is 14.4 Å². The van der Waals surface area contributed by atoms with E-state index in [0.29, 0.717) is 5.41 Å². The fourth-order valence-electron chi connectivity index (χ4n) is 8.78. The Morgan fingerprint density at radius 2 is 1.00 bits per heavy atom. The molecule has 4 fully saturated rings. The van der Waals surface area contributed by atoms with Crippen LogP contribution in [0.25, 0.3) is 6.08 Å². The summed E-state index contributed by atoms with van der Waals surface area (Å²) < 4.78 is 10.9. The van der Waals surface area contributed by atoms with Gasteiger partial charge in [0.1, 0.15) is 11.5 Å². The molecule has 41 heavy (non-hydrogen) atoms. The molecule has 8 rings (SSSR count). The molecule has 4 aliphatic rings. The van der Waals surface area contributed by atoms with Crippen LogP contribution in [0, 0.1) is 11.8 Å². The summed E-state index contributed by atoms with van der Waals surface area (Å²) in [5.74, 6) is 3.36. The molecule has 4 aromatic carbocycles. The summed E-state index contributed by atoms with van der Waals surface area (Å²) in [5.41, 5.74) is 8.20. The maximum Gasteiger partial charge on any atom is 0.119 e. The lowest BCUT2D eigenvalue weighted by Gasteiger charge is -2.63. The molecule has 2 unspecified atom stereocenters. The molecule has 0 aliphatic heterocycles. The van der Waals surface area contributed by atoms with E-state index < -0.39 is 0 Å². The molecule has 2 atom stereocenters. The van der Waals surface area contributed by atoms with Gasteiger partial charge in [-0.1, -0.05) is 49.1 Å². The normalized spacial score (nSPS) is 26.0. The highest BCUT2D eigenvalue weighted by Gasteiger charge is 2.58. The summed E-state index contributed by atoms with van der Waals surface area (Å²) in [4.78, 5) is 2.31. The highest BCUT2D eigenvalue weighted by atomic mass is 16.5. The molecule has 0 aromatic heterocycles. The van der Waals surface area contributed by atoms with Crippen LogP contribution < -0.4 is 14.4 Å². The Kier molecular flexibility index (Phi) is 6.42. The van der Waals surface area contributed by atoms with Gasteiger partial charge in [0.05, 0.1) is 14.2 Å². The second kappa shape index (κ2) is 10.1. The fourth-order valence-corrected chi connectivity index (χ4v) is 8.78. The van der Waals surface area contributed by atoms with Crippen molar-refractivity contribution in [3.8, 4) is 11.5 Å². The number of nitrogens with zero attached hydrogens (tertiary/aromatic N) is 1. The van der Waals surface area contributed by atoms with Crippen LogP contribution >= 0.6 is 0 Å². The number of rotatable bonds is 8. The summed E-state index contributed by atoms with van der Waals surface area (Å²) in [6, 6.07) is 35.4. The number of benzene rings is 4. The monoisotopic (exact) mass is 541 g/mol. The second-order valence-corrected chi connectivity index (χ2v) is 12.6. The van der Waals surface area contributed by atoms with Crippen LogP contribution in [-0.4, -0.2) is 14.2 Å². The number of hydrogen-bond donors (Lipinski definition) is 0. The third kappa shape index (κ3) is 4.52. The van der Waals surface area contributed by atoms with Gasteiger partial charge in [0, 0.05) is 17.1 Å². The van der Waals surface area contributed by atoms with Crippen molar-refractivity contribution in [3.05, 3.63) is 120 Å². The van der Waals surface area contributed by atoms with Crippen LogP contribution in [-0.2, 0) is 10.8 Å². The highest BCUT2D eigenvalue weighted by Crippen LogP contribution is 2.66. The standard InChI is InChI=1S/C38H39NO2/c1-4-27-5-7-30(8-6-27)37-22-28-21-29(23-37)25-38(24-28,26-37)31-9-11-32(12-10-31)39(33-13-17-35(40-2)18-14-33)34-15-19-36(41-3)20-16-34/h4-20,28-29H,1,21-26H2,2-3H3. The lowest BCUT2D eigenvalue weighted by molar-refractivity contribution is -0.0281. The average Bonchev–Trinajstić information content (AvgIpc) is 3.01. The molecule has 4 saturated carbocycles. The van der Waals surface area contributed by atoms with Gasteiger partial charge in [0.25, 0.3) is 0 Å². The van der Waals surface area contributed by atoms with E-state index in [0.717, 1.165) is 40.4 Å². The number of ether oxygens (including phenoxy) is 2. The molecular formula is C38H39NO2. The lowest BCUT2D eigenvalue weighted by atomic mass is 9.42. The van der Waals surface area contributed by atoms with E-state index in [4.69, 9.17) is 9.47 Å². The summed E-state index contributed by atoms with van der Waals surface area (Å²) in [6.07, 6.45) is 9.98. The van der Waals surface area contributed by atoms with Crippen molar-refractivity contribution in [2.24, 2.45) is 11.8 Å². The van der Waals surface area contributed by atoms with Gasteiger partial charge in [-0.05, 0) is 139 Å². The molecule has 4 aliphatic carbocycles. The molecule has 0 radical (unpaired) electrons. The van der Waals surface area contributed by atoms with Crippen molar-refractivity contribution in [3.63, 3.8) is 0 Å². The van der Waals surface area contributed by atoms with Crippen molar-refractivity contribution < 1.29 is 9.47 Å². The van der Waals surface area contributed by atoms with Crippen LogP contribution in [0.3, 0.4) is 0 Å². The first-order chi connectivity index (χ1) is 20.0. The van der Waals surface area contributed by atoms with Gasteiger partial charge >= 0.3 is 0 Å². The van der Waals surface area contributed by atoms with Crippen molar-refractivity contribution in [1.82, 2.24) is 0 Å². The molecule has 0 saturated heterocycles. The number of anilines is 3. The Labute approximate surface area is 244 Å². The molecule has 0 N–H and O–H groups in total. The largest absolute Gasteiger partial charge is 0.497 e. The van der Waals surface area contributed by atoms with Crippen molar-refractivity contribution >= 4 is 23.1 Å². The predicted octanol–water partition coefficient (Wildman–Crippen LogP) is 9.61. The quantitative estimate of drug-likeness (QED) is 0.222. The lowest BCUT2D eigenvalue weighted by Crippen LogP contribution is -2.55. The topological polar surface area (TPSA) is 21.7 Å². The molecule has 3 heteroatoms. The Bertz CT molecular complexity index is 1460. The fraction of sp³-hybridized carbons (Fsp3) is 0.316. The second-order valence-electron chi connectivity index (χ2n) is 12.6. The van der Waals surface area contributed by atoms with Gasteiger partial charge in [0.2, 0.25) is 0 Å². The Balaban J connectivity index is 1.24. The zero-order valence-corrected chi connectivity index (χ0v) is 24.2. The van der Waals surface area contributed by atoms with Crippen LogP contribution in [0.2, 0.25) is 0 Å². The Morgan fingerprint density at radius 3 is 1.39 bits per heavy atom. The Hall–Kier alpha value is -3.98. The third-order valence-electron chi connectivity index (χ3n) is 10.2. The van der Waals surface area contributed by atoms with E-state index in [1.54, 1.807) is 19.8 Å². The maximum absolute atomic E-state index is 5.44. The first-order valence-electron chi connectivity index (χ1n) is 14.9. The minimum atomic E-state index is 0.269. The number of methoxy groups -OCH3 is 2. The van der Waals surface area contributed by atoms with Crippen molar-refractivity contribution in [1.29, 1.82) is 0 Å². The minimum Gasteiger partial charge on any atom is -0.497 e. The average molecular weight is 542 g/mol. The van der Waals surface area contributed by atoms with Crippen LogP contribution in [0.5, 0.6) is 11.5 Å². The summed E-state index contributed by atoms with van der Waals surface area (Å²) in [6.45, 7) is 3.96.